The van der Waals surface area contributed by atoms with Gasteiger partial charge in [0.05, 0.1) is 6.20 Å². The number of rotatable bonds is 6. The highest BCUT2D eigenvalue weighted by molar-refractivity contribution is 9.09. The van der Waals surface area contributed by atoms with Gasteiger partial charge in [0, 0.05) is 18.3 Å². The highest BCUT2D eigenvalue weighted by atomic mass is 79.9. The summed E-state index contributed by atoms with van der Waals surface area (Å²) >= 11 is 2.94. The van der Waals surface area contributed by atoms with Crippen LogP contribution < -0.4 is 0 Å². The minimum absolute atomic E-state index is 0.108. The van der Waals surface area contributed by atoms with Crippen molar-refractivity contribution in [1.29, 1.82) is 0 Å². The lowest BCUT2D eigenvalue weighted by Gasteiger charge is -2.21. The highest BCUT2D eigenvalue weighted by Gasteiger charge is 2.37. The minimum Gasteiger partial charge on any atom is -0.332 e. The molecule has 1 N–H and O–H groups in total. The normalized spacial score (nSPS) is 13.2. The van der Waals surface area contributed by atoms with Gasteiger partial charge < -0.3 is 4.98 Å². The molecule has 0 radical (unpaired) electrons. The second-order valence-corrected chi connectivity index (χ2v) is 6.39. The zero-order valence-electron chi connectivity index (χ0n) is 10.0. The SMILES string of the molecule is CCc1ncc(S(=O)(=O)N(CCBr)CC(F)(F)F)[nH]1. The molecule has 10 heteroatoms. The Morgan fingerprint density at radius 3 is 2.53 bits per heavy atom. The number of nitrogens with one attached hydrogen (secondary N) is 1. The summed E-state index contributed by atoms with van der Waals surface area (Å²) in [5.74, 6) is 0.407. The Bertz CT molecular complexity index is 515. The fraction of sp³-hybridized carbons (Fsp3) is 0.667. The molecule has 0 unspecified atom stereocenters. The molecule has 0 spiro atoms. The smallest absolute Gasteiger partial charge is 0.332 e. The monoisotopic (exact) mass is 363 g/mol. The summed E-state index contributed by atoms with van der Waals surface area (Å²) in [4.78, 5) is 6.29. The third-order valence-corrected chi connectivity index (χ3v) is 4.36. The Morgan fingerprint density at radius 2 is 2.11 bits per heavy atom. The number of hydrogen-bond acceptors (Lipinski definition) is 3. The van der Waals surface area contributed by atoms with Crippen molar-refractivity contribution in [2.24, 2.45) is 0 Å². The molecule has 0 bridgehead atoms. The molecule has 0 saturated heterocycles. The van der Waals surface area contributed by atoms with E-state index in [4.69, 9.17) is 0 Å². The second kappa shape index (κ2) is 6.23. The average Bonchev–Trinajstić information content (AvgIpc) is 2.75. The lowest BCUT2D eigenvalue weighted by molar-refractivity contribution is -0.135. The van der Waals surface area contributed by atoms with Gasteiger partial charge in [0.15, 0.2) is 5.03 Å². The molecule has 1 heterocycles. The zero-order valence-corrected chi connectivity index (χ0v) is 12.4. The molecule has 110 valence electrons. The van der Waals surface area contributed by atoms with E-state index in [0.29, 0.717) is 16.6 Å². The third-order valence-electron chi connectivity index (χ3n) is 2.25. The molecule has 1 rings (SSSR count). The van der Waals surface area contributed by atoms with Crippen LogP contribution in [0.3, 0.4) is 0 Å². The summed E-state index contributed by atoms with van der Waals surface area (Å²) in [6.07, 6.45) is -3.10. The Labute approximate surface area is 117 Å². The van der Waals surface area contributed by atoms with Gasteiger partial charge in [0.25, 0.3) is 10.0 Å². The molecule has 0 aromatic carbocycles. The largest absolute Gasteiger partial charge is 0.402 e. The summed E-state index contributed by atoms with van der Waals surface area (Å²) in [6.45, 7) is -0.0507. The highest BCUT2D eigenvalue weighted by Crippen LogP contribution is 2.22. The van der Waals surface area contributed by atoms with Gasteiger partial charge in [-0.15, -0.1) is 0 Å². The first-order valence-electron chi connectivity index (χ1n) is 5.37. The van der Waals surface area contributed by atoms with Gasteiger partial charge in [0.2, 0.25) is 0 Å². The first kappa shape index (κ1) is 16.4. The average molecular weight is 364 g/mol. The predicted octanol–water partition coefficient (Wildman–Crippen LogP) is 1.92. The van der Waals surface area contributed by atoms with Gasteiger partial charge >= 0.3 is 6.18 Å². The van der Waals surface area contributed by atoms with Crippen LogP contribution in [-0.2, 0) is 16.4 Å². The van der Waals surface area contributed by atoms with Gasteiger partial charge in [0.1, 0.15) is 12.4 Å². The lowest BCUT2D eigenvalue weighted by atomic mass is 10.5. The van der Waals surface area contributed by atoms with Crippen molar-refractivity contribution in [2.75, 3.05) is 18.4 Å². The summed E-state index contributed by atoms with van der Waals surface area (Å²) in [6, 6.07) is 0. The van der Waals surface area contributed by atoms with E-state index >= 15 is 0 Å². The van der Waals surface area contributed by atoms with Gasteiger partial charge in [-0.25, -0.2) is 13.4 Å². The molecule has 0 aliphatic rings. The number of alkyl halides is 4. The van der Waals surface area contributed by atoms with Gasteiger partial charge in [-0.2, -0.15) is 17.5 Å². The van der Waals surface area contributed by atoms with Gasteiger partial charge in [-0.3, -0.25) is 0 Å². The van der Waals surface area contributed by atoms with Crippen molar-refractivity contribution in [1.82, 2.24) is 14.3 Å². The number of halogens is 4. The molecule has 5 nitrogen and oxygen atoms in total. The van der Waals surface area contributed by atoms with Crippen molar-refractivity contribution >= 4 is 26.0 Å². The van der Waals surface area contributed by atoms with Crippen LogP contribution in [0.15, 0.2) is 11.2 Å². The fourth-order valence-electron chi connectivity index (χ4n) is 1.37. The molecule has 1 aromatic heterocycles. The summed E-state index contributed by atoms with van der Waals surface area (Å²) in [5, 5.41) is -0.216. The summed E-state index contributed by atoms with van der Waals surface area (Å²) in [7, 11) is -4.22. The van der Waals surface area contributed by atoms with Crippen LogP contribution in [0.1, 0.15) is 12.7 Å². The Hall–Kier alpha value is -0.610. The molecular weight excluding hydrogens is 351 g/mol. The molecule has 0 amide bonds. The molecule has 0 fully saturated rings. The first-order valence-corrected chi connectivity index (χ1v) is 7.93. The number of aromatic nitrogens is 2. The molecular formula is C9H13BrF3N3O2S. The number of hydrogen-bond donors (Lipinski definition) is 1. The number of aromatic amines is 1. The van der Waals surface area contributed by atoms with Crippen molar-refractivity contribution in [3.8, 4) is 0 Å². The standard InChI is InChI=1S/C9H13BrF3N3O2S/c1-2-7-14-5-8(15-7)19(17,18)16(4-3-10)6-9(11,12)13/h5H,2-4,6H2,1H3,(H,14,15). The van der Waals surface area contributed by atoms with Gasteiger partial charge in [-0.1, -0.05) is 22.9 Å². The van der Waals surface area contributed by atoms with E-state index in [2.05, 4.69) is 25.9 Å². The van der Waals surface area contributed by atoms with E-state index in [1.807, 2.05) is 0 Å². The number of imidazole rings is 1. The Balaban J connectivity index is 3.05. The number of H-pyrrole nitrogens is 1. The van der Waals surface area contributed by atoms with Crippen LogP contribution in [0.2, 0.25) is 0 Å². The molecule has 0 aliphatic carbocycles. The number of nitrogens with zero attached hydrogens (tertiary/aromatic N) is 2. The zero-order chi connectivity index (χ0) is 14.7. The van der Waals surface area contributed by atoms with Crippen molar-refractivity contribution in [2.45, 2.75) is 24.5 Å². The van der Waals surface area contributed by atoms with Crippen LogP contribution >= 0.6 is 15.9 Å². The molecule has 19 heavy (non-hydrogen) atoms. The van der Waals surface area contributed by atoms with E-state index in [1.165, 1.54) is 0 Å². The number of aryl methyl sites for hydroxylation is 1. The van der Waals surface area contributed by atoms with Gasteiger partial charge in [-0.05, 0) is 0 Å². The van der Waals surface area contributed by atoms with Crippen LogP contribution in [0, 0.1) is 0 Å². The van der Waals surface area contributed by atoms with E-state index in [1.54, 1.807) is 6.92 Å². The van der Waals surface area contributed by atoms with Crippen molar-refractivity contribution in [3.05, 3.63) is 12.0 Å². The Kier molecular flexibility index (Phi) is 5.39. The lowest BCUT2D eigenvalue weighted by Crippen LogP contribution is -2.40. The maximum atomic E-state index is 12.4. The second-order valence-electron chi connectivity index (χ2n) is 3.69. The maximum Gasteiger partial charge on any atom is 0.402 e. The molecule has 0 aliphatic heterocycles. The van der Waals surface area contributed by atoms with Crippen LogP contribution in [0.25, 0.3) is 0 Å². The minimum atomic E-state index is -4.59. The topological polar surface area (TPSA) is 66.1 Å². The first-order chi connectivity index (χ1) is 8.70. The summed E-state index contributed by atoms with van der Waals surface area (Å²) in [5.41, 5.74) is 0. The predicted molar refractivity (Wildman–Crippen MR) is 66.6 cm³/mol. The van der Waals surface area contributed by atoms with E-state index in [0.717, 1.165) is 6.20 Å². The quantitative estimate of drug-likeness (QED) is 0.785. The molecule has 0 atom stereocenters. The van der Waals surface area contributed by atoms with Crippen LogP contribution in [0.4, 0.5) is 13.2 Å². The third kappa shape index (κ3) is 4.46. The number of sulfonamides is 1. The maximum absolute atomic E-state index is 12.4. The van der Waals surface area contributed by atoms with E-state index in [-0.39, 0.29) is 16.9 Å². The van der Waals surface area contributed by atoms with E-state index in [9.17, 15) is 21.6 Å². The molecule has 1 aromatic rings. The fourth-order valence-corrected chi connectivity index (χ4v) is 3.39. The van der Waals surface area contributed by atoms with Crippen LogP contribution in [-0.4, -0.2) is 47.3 Å². The summed E-state index contributed by atoms with van der Waals surface area (Å²) < 4.78 is 61.7. The van der Waals surface area contributed by atoms with E-state index < -0.39 is 22.7 Å². The Morgan fingerprint density at radius 1 is 1.47 bits per heavy atom. The molecule has 0 saturated carbocycles. The van der Waals surface area contributed by atoms with Crippen molar-refractivity contribution < 1.29 is 21.6 Å². The van der Waals surface area contributed by atoms with Crippen LogP contribution in [0.5, 0.6) is 0 Å². The van der Waals surface area contributed by atoms with Crippen molar-refractivity contribution in [3.63, 3.8) is 0 Å².